The van der Waals surface area contributed by atoms with Crippen molar-refractivity contribution >= 4 is 40.1 Å². The standard InChI is InChI=1S/C19H15ClN4O4/c1-10-6-21-17-15(8-23-24(17)9-10)18(25)22-7-13-4-11-3-12(20)5-14(16(11)28-13)19(26)27-2/h3-6,8-9H,7H2,1-2H3,(H,22,25). The topological polar surface area (TPSA) is 98.7 Å². The van der Waals surface area contributed by atoms with Gasteiger partial charge in [0, 0.05) is 22.8 Å². The molecule has 3 aromatic heterocycles. The number of furan rings is 1. The van der Waals surface area contributed by atoms with Crippen LogP contribution < -0.4 is 5.32 Å². The first-order valence-corrected chi connectivity index (χ1v) is 8.72. The first-order chi connectivity index (χ1) is 13.5. The minimum Gasteiger partial charge on any atom is -0.465 e. The van der Waals surface area contributed by atoms with Crippen LogP contribution in [-0.2, 0) is 11.3 Å². The van der Waals surface area contributed by atoms with Crippen LogP contribution in [0.5, 0.6) is 0 Å². The van der Waals surface area contributed by atoms with Gasteiger partial charge in [-0.15, -0.1) is 0 Å². The van der Waals surface area contributed by atoms with Gasteiger partial charge >= 0.3 is 5.97 Å². The average molecular weight is 399 g/mol. The fraction of sp³-hybridized carbons (Fsp3) is 0.158. The maximum absolute atomic E-state index is 12.5. The van der Waals surface area contributed by atoms with Gasteiger partial charge in [0.1, 0.15) is 22.5 Å². The summed E-state index contributed by atoms with van der Waals surface area (Å²) >= 11 is 6.06. The molecule has 0 aliphatic carbocycles. The van der Waals surface area contributed by atoms with E-state index in [0.717, 1.165) is 5.56 Å². The van der Waals surface area contributed by atoms with E-state index in [2.05, 4.69) is 15.4 Å². The summed E-state index contributed by atoms with van der Waals surface area (Å²) in [6, 6.07) is 4.87. The summed E-state index contributed by atoms with van der Waals surface area (Å²) in [6.07, 6.45) is 4.92. The molecule has 0 bridgehead atoms. The van der Waals surface area contributed by atoms with Gasteiger partial charge in [0.2, 0.25) is 0 Å². The van der Waals surface area contributed by atoms with Crippen molar-refractivity contribution in [1.82, 2.24) is 19.9 Å². The van der Waals surface area contributed by atoms with Crippen molar-refractivity contribution in [1.29, 1.82) is 0 Å². The lowest BCUT2D eigenvalue weighted by atomic mass is 10.1. The molecular weight excluding hydrogens is 384 g/mol. The van der Waals surface area contributed by atoms with Gasteiger partial charge in [-0.05, 0) is 30.7 Å². The second-order valence-electron chi connectivity index (χ2n) is 6.22. The summed E-state index contributed by atoms with van der Waals surface area (Å²) in [5, 5.41) is 7.95. The molecule has 8 nitrogen and oxygen atoms in total. The van der Waals surface area contributed by atoms with Gasteiger partial charge in [0.15, 0.2) is 5.65 Å². The highest BCUT2D eigenvalue weighted by molar-refractivity contribution is 6.32. The molecule has 0 fully saturated rings. The molecule has 1 aromatic carbocycles. The van der Waals surface area contributed by atoms with Crippen molar-refractivity contribution < 1.29 is 18.7 Å². The number of carbonyl (C=O) groups excluding carboxylic acids is 2. The molecule has 0 unspecified atom stereocenters. The number of halogens is 1. The van der Waals surface area contributed by atoms with Crippen LogP contribution in [0.15, 0.2) is 41.2 Å². The van der Waals surface area contributed by atoms with E-state index in [9.17, 15) is 9.59 Å². The fourth-order valence-corrected chi connectivity index (χ4v) is 3.14. The summed E-state index contributed by atoms with van der Waals surface area (Å²) in [5.74, 6) is -0.417. The van der Waals surface area contributed by atoms with Gasteiger partial charge in [-0.3, -0.25) is 4.79 Å². The summed E-state index contributed by atoms with van der Waals surface area (Å²) in [5.41, 5.74) is 2.34. The Bertz CT molecular complexity index is 1230. The number of ether oxygens (including phenoxy) is 1. The molecule has 0 saturated carbocycles. The zero-order valence-corrected chi connectivity index (χ0v) is 15.8. The van der Waals surface area contributed by atoms with Gasteiger partial charge in [-0.2, -0.15) is 5.10 Å². The molecule has 3 heterocycles. The Hall–Kier alpha value is -3.39. The molecule has 0 aliphatic heterocycles. The number of nitrogens with zero attached hydrogens (tertiary/aromatic N) is 3. The predicted molar refractivity (Wildman–Crippen MR) is 101 cm³/mol. The Labute approximate surface area is 164 Å². The number of nitrogens with one attached hydrogen (secondary N) is 1. The van der Waals surface area contributed by atoms with Crippen LogP contribution in [0.3, 0.4) is 0 Å². The Morgan fingerprint density at radius 3 is 2.86 bits per heavy atom. The van der Waals surface area contributed by atoms with Gasteiger partial charge in [0.25, 0.3) is 5.91 Å². The predicted octanol–water partition coefficient (Wildman–Crippen LogP) is 3.15. The van der Waals surface area contributed by atoms with Crippen LogP contribution in [0.1, 0.15) is 32.0 Å². The normalized spacial score (nSPS) is 11.1. The highest BCUT2D eigenvalue weighted by Crippen LogP contribution is 2.28. The van der Waals surface area contributed by atoms with Crippen molar-refractivity contribution in [2.45, 2.75) is 13.5 Å². The third-order valence-electron chi connectivity index (χ3n) is 4.19. The highest BCUT2D eigenvalue weighted by atomic mass is 35.5. The number of esters is 1. The Balaban J connectivity index is 1.58. The Morgan fingerprint density at radius 1 is 1.25 bits per heavy atom. The molecule has 0 atom stereocenters. The monoisotopic (exact) mass is 398 g/mol. The smallest absolute Gasteiger partial charge is 0.341 e. The lowest BCUT2D eigenvalue weighted by molar-refractivity contribution is 0.0601. The minimum atomic E-state index is -0.551. The van der Waals surface area contributed by atoms with E-state index in [-0.39, 0.29) is 18.0 Å². The first kappa shape index (κ1) is 18.0. The number of benzene rings is 1. The van der Waals surface area contributed by atoms with E-state index in [4.69, 9.17) is 20.8 Å². The number of hydrogen-bond donors (Lipinski definition) is 1. The first-order valence-electron chi connectivity index (χ1n) is 8.34. The molecule has 0 saturated heterocycles. The SMILES string of the molecule is COC(=O)c1cc(Cl)cc2cc(CNC(=O)c3cnn4cc(C)cnc34)oc12. The lowest BCUT2D eigenvalue weighted by Crippen LogP contribution is -2.22. The molecule has 28 heavy (non-hydrogen) atoms. The van der Waals surface area contributed by atoms with Gasteiger partial charge < -0.3 is 14.5 Å². The molecule has 142 valence electrons. The molecule has 9 heteroatoms. The quantitative estimate of drug-likeness (QED) is 0.530. The van der Waals surface area contributed by atoms with Crippen molar-refractivity contribution in [2.24, 2.45) is 0 Å². The second-order valence-corrected chi connectivity index (χ2v) is 6.65. The largest absolute Gasteiger partial charge is 0.465 e. The average Bonchev–Trinajstić information content (AvgIpc) is 3.28. The highest BCUT2D eigenvalue weighted by Gasteiger charge is 2.18. The van der Waals surface area contributed by atoms with E-state index >= 15 is 0 Å². The van der Waals surface area contributed by atoms with E-state index in [1.807, 2.05) is 6.92 Å². The number of amides is 1. The zero-order chi connectivity index (χ0) is 19.8. The van der Waals surface area contributed by atoms with Crippen molar-refractivity contribution in [3.05, 3.63) is 64.3 Å². The molecule has 0 aliphatic rings. The summed E-state index contributed by atoms with van der Waals surface area (Å²) in [7, 11) is 1.28. The van der Waals surface area contributed by atoms with Crippen LogP contribution in [0, 0.1) is 6.92 Å². The van der Waals surface area contributed by atoms with Crippen LogP contribution >= 0.6 is 11.6 Å². The minimum absolute atomic E-state index is 0.120. The number of carbonyl (C=O) groups is 2. The molecular formula is C19H15ClN4O4. The molecule has 1 N–H and O–H groups in total. The fourth-order valence-electron chi connectivity index (χ4n) is 2.91. The maximum atomic E-state index is 12.5. The zero-order valence-electron chi connectivity index (χ0n) is 15.0. The maximum Gasteiger partial charge on any atom is 0.341 e. The van der Waals surface area contributed by atoms with Crippen LogP contribution in [0.4, 0.5) is 0 Å². The van der Waals surface area contributed by atoms with Crippen molar-refractivity contribution in [2.75, 3.05) is 7.11 Å². The molecule has 0 spiro atoms. The molecule has 4 aromatic rings. The Morgan fingerprint density at radius 2 is 2.07 bits per heavy atom. The van der Waals surface area contributed by atoms with Crippen molar-refractivity contribution in [3.8, 4) is 0 Å². The number of aromatic nitrogens is 3. The summed E-state index contributed by atoms with van der Waals surface area (Å²) in [6.45, 7) is 2.01. The van der Waals surface area contributed by atoms with E-state index < -0.39 is 5.97 Å². The number of methoxy groups -OCH3 is 1. The van der Waals surface area contributed by atoms with Gasteiger partial charge in [-0.25, -0.2) is 14.3 Å². The van der Waals surface area contributed by atoms with Crippen LogP contribution in [-0.4, -0.2) is 33.6 Å². The number of aryl methyl sites for hydroxylation is 1. The molecule has 0 radical (unpaired) electrons. The summed E-state index contributed by atoms with van der Waals surface area (Å²) < 4.78 is 12.1. The van der Waals surface area contributed by atoms with E-state index in [1.165, 1.54) is 19.4 Å². The third kappa shape index (κ3) is 3.18. The van der Waals surface area contributed by atoms with Gasteiger partial charge in [-0.1, -0.05) is 11.6 Å². The van der Waals surface area contributed by atoms with Crippen LogP contribution in [0.2, 0.25) is 5.02 Å². The van der Waals surface area contributed by atoms with Gasteiger partial charge in [0.05, 0.1) is 19.9 Å². The number of hydrogen-bond acceptors (Lipinski definition) is 6. The number of rotatable bonds is 4. The summed E-state index contributed by atoms with van der Waals surface area (Å²) in [4.78, 5) is 28.7. The third-order valence-corrected chi connectivity index (χ3v) is 4.41. The second kappa shape index (κ2) is 6.97. The molecule has 1 amide bonds. The molecule has 4 rings (SSSR count). The van der Waals surface area contributed by atoms with E-state index in [1.54, 1.807) is 29.0 Å². The van der Waals surface area contributed by atoms with E-state index in [0.29, 0.717) is 33.0 Å². The van der Waals surface area contributed by atoms with Crippen molar-refractivity contribution in [3.63, 3.8) is 0 Å². The Kier molecular flexibility index (Phi) is 4.48. The lowest BCUT2D eigenvalue weighted by Gasteiger charge is -2.02. The number of fused-ring (bicyclic) bond motifs is 2. The van der Waals surface area contributed by atoms with Crippen LogP contribution in [0.25, 0.3) is 16.6 Å².